The number of benzene rings is 3. The van der Waals surface area contributed by atoms with Crippen molar-refractivity contribution in [2.45, 2.75) is 0 Å². The number of hydrogen-bond acceptors (Lipinski definition) is 5. The molecule has 0 amide bonds. The Hall–Kier alpha value is -3.54. The third kappa shape index (κ3) is 1.89. The minimum atomic E-state index is 0.201. The maximum Gasteiger partial charge on any atom is 0.231 e. The molecule has 2 aliphatic rings. The molecule has 0 fully saturated rings. The molecule has 1 N–H and O–H groups in total. The van der Waals surface area contributed by atoms with Crippen molar-refractivity contribution in [3.8, 4) is 40.0 Å². The molecule has 2 aliphatic heterocycles. The number of fused-ring (bicyclic) bond motifs is 5. The van der Waals surface area contributed by atoms with Crippen LogP contribution in [-0.4, -0.2) is 23.3 Å². The first-order valence-corrected chi connectivity index (χ1v) is 8.64. The van der Waals surface area contributed by atoms with E-state index in [9.17, 15) is 5.11 Å². The van der Waals surface area contributed by atoms with E-state index < -0.39 is 0 Å². The Balaban J connectivity index is 1.79. The number of aromatic nitrogens is 1. The molecule has 6 nitrogen and oxygen atoms in total. The number of aromatic hydroxyl groups is 1. The van der Waals surface area contributed by atoms with Gasteiger partial charge in [0, 0.05) is 35.0 Å². The number of aryl methyl sites for hydroxylation is 1. The second-order valence-corrected chi connectivity index (χ2v) is 6.74. The highest BCUT2D eigenvalue weighted by atomic mass is 16.7. The molecular formula is C21H15NO5. The molecule has 3 aromatic carbocycles. The van der Waals surface area contributed by atoms with E-state index in [1.165, 1.54) is 0 Å². The lowest BCUT2D eigenvalue weighted by atomic mass is 9.93. The molecule has 0 saturated carbocycles. The van der Waals surface area contributed by atoms with Crippen LogP contribution in [0.2, 0.25) is 0 Å². The van der Waals surface area contributed by atoms with Gasteiger partial charge in [-0.3, -0.25) is 0 Å². The molecule has 0 radical (unpaired) electrons. The van der Waals surface area contributed by atoms with Gasteiger partial charge in [-0.05, 0) is 35.2 Å². The Morgan fingerprint density at radius 2 is 1.63 bits per heavy atom. The van der Waals surface area contributed by atoms with Crippen LogP contribution < -0.4 is 18.9 Å². The lowest BCUT2D eigenvalue weighted by Gasteiger charge is -2.12. The molecular weight excluding hydrogens is 346 g/mol. The second-order valence-electron chi connectivity index (χ2n) is 6.74. The van der Waals surface area contributed by atoms with Crippen molar-refractivity contribution in [1.29, 1.82) is 0 Å². The Labute approximate surface area is 154 Å². The van der Waals surface area contributed by atoms with E-state index in [0.29, 0.717) is 5.75 Å². The zero-order valence-electron chi connectivity index (χ0n) is 14.5. The van der Waals surface area contributed by atoms with Crippen LogP contribution in [0.25, 0.3) is 32.7 Å². The molecule has 0 bridgehead atoms. The van der Waals surface area contributed by atoms with Gasteiger partial charge < -0.3 is 28.6 Å². The molecule has 1 aromatic heterocycles. The summed E-state index contributed by atoms with van der Waals surface area (Å²) in [6, 6.07) is 11.8. The fourth-order valence-electron chi connectivity index (χ4n) is 3.98. The van der Waals surface area contributed by atoms with Gasteiger partial charge in [-0.2, -0.15) is 0 Å². The summed E-state index contributed by atoms with van der Waals surface area (Å²) in [6.45, 7) is 0.426. The molecule has 134 valence electrons. The quantitative estimate of drug-likeness (QED) is 0.552. The Kier molecular flexibility index (Phi) is 2.71. The smallest absolute Gasteiger partial charge is 0.231 e. The van der Waals surface area contributed by atoms with E-state index in [0.717, 1.165) is 49.9 Å². The van der Waals surface area contributed by atoms with Crippen molar-refractivity contribution in [3.63, 3.8) is 0 Å². The van der Waals surface area contributed by atoms with Crippen LogP contribution in [-0.2, 0) is 7.05 Å². The van der Waals surface area contributed by atoms with Crippen molar-refractivity contribution in [1.82, 2.24) is 4.57 Å². The molecule has 0 atom stereocenters. The first-order valence-electron chi connectivity index (χ1n) is 8.64. The zero-order chi connectivity index (χ0) is 18.1. The topological polar surface area (TPSA) is 62.1 Å². The summed E-state index contributed by atoms with van der Waals surface area (Å²) in [5.41, 5.74) is 1.93. The van der Waals surface area contributed by atoms with Gasteiger partial charge in [0.2, 0.25) is 13.6 Å². The number of hydrogen-bond donors (Lipinski definition) is 1. The summed E-state index contributed by atoms with van der Waals surface area (Å²) in [7, 11) is 1.83. The average Bonchev–Trinajstić information content (AvgIpc) is 3.39. The molecule has 3 heterocycles. The highest BCUT2D eigenvalue weighted by Crippen LogP contribution is 2.49. The SMILES string of the molecule is Cn1cc2c(-c3ccc4c(c3)OCO4)c3c4c(ccc3cc2c1O)OCO4. The van der Waals surface area contributed by atoms with E-state index in [2.05, 4.69) is 0 Å². The van der Waals surface area contributed by atoms with Crippen molar-refractivity contribution < 1.29 is 24.1 Å². The van der Waals surface area contributed by atoms with Crippen LogP contribution in [0.1, 0.15) is 0 Å². The summed E-state index contributed by atoms with van der Waals surface area (Å²) in [5, 5.41) is 14.2. The summed E-state index contributed by atoms with van der Waals surface area (Å²) in [6.07, 6.45) is 1.93. The molecule has 4 aromatic rings. The summed E-state index contributed by atoms with van der Waals surface area (Å²) in [4.78, 5) is 0. The van der Waals surface area contributed by atoms with Crippen molar-refractivity contribution in [3.05, 3.63) is 42.6 Å². The second kappa shape index (κ2) is 5.01. The van der Waals surface area contributed by atoms with Gasteiger partial charge in [0.15, 0.2) is 28.9 Å². The van der Waals surface area contributed by atoms with Gasteiger partial charge in [0.1, 0.15) is 0 Å². The molecule has 6 heteroatoms. The summed E-state index contributed by atoms with van der Waals surface area (Å²) >= 11 is 0. The van der Waals surface area contributed by atoms with Gasteiger partial charge >= 0.3 is 0 Å². The molecule has 27 heavy (non-hydrogen) atoms. The van der Waals surface area contributed by atoms with E-state index >= 15 is 0 Å². The predicted molar refractivity (Wildman–Crippen MR) is 99.8 cm³/mol. The number of ether oxygens (including phenoxy) is 4. The predicted octanol–water partition coefficient (Wildman–Crippen LogP) is 4.16. The van der Waals surface area contributed by atoms with Crippen LogP contribution in [0.4, 0.5) is 0 Å². The Bertz CT molecular complexity index is 1260. The van der Waals surface area contributed by atoms with Crippen molar-refractivity contribution in [2.75, 3.05) is 13.6 Å². The Morgan fingerprint density at radius 1 is 0.852 bits per heavy atom. The third-order valence-electron chi connectivity index (χ3n) is 5.24. The van der Waals surface area contributed by atoms with Gasteiger partial charge in [-0.25, -0.2) is 0 Å². The van der Waals surface area contributed by atoms with Gasteiger partial charge in [-0.15, -0.1) is 0 Å². The fraction of sp³-hybridized carbons (Fsp3) is 0.143. The highest BCUT2D eigenvalue weighted by Gasteiger charge is 2.24. The number of rotatable bonds is 1. The van der Waals surface area contributed by atoms with Crippen LogP contribution in [0.5, 0.6) is 28.9 Å². The number of nitrogens with zero attached hydrogens (tertiary/aromatic N) is 1. The van der Waals surface area contributed by atoms with Crippen molar-refractivity contribution >= 4 is 21.5 Å². The monoisotopic (exact) mass is 361 g/mol. The fourth-order valence-corrected chi connectivity index (χ4v) is 3.98. The highest BCUT2D eigenvalue weighted by molar-refractivity contribution is 6.16. The van der Waals surface area contributed by atoms with E-state index in [1.54, 1.807) is 4.57 Å². The van der Waals surface area contributed by atoms with Crippen LogP contribution in [0.3, 0.4) is 0 Å². The largest absolute Gasteiger partial charge is 0.494 e. The third-order valence-corrected chi connectivity index (χ3v) is 5.24. The summed E-state index contributed by atoms with van der Waals surface area (Å²) in [5.74, 6) is 3.12. The zero-order valence-corrected chi connectivity index (χ0v) is 14.5. The first-order chi connectivity index (χ1) is 13.2. The standard InChI is InChI=1S/C21H15NO5/c1-22-8-14-13(21(22)23)6-11-3-5-16-20(27-10-25-16)19(11)18(14)12-2-4-15-17(7-12)26-9-24-15/h2-8,23H,9-10H2,1H3. The lowest BCUT2D eigenvalue weighted by molar-refractivity contribution is 0.174. The summed E-state index contributed by atoms with van der Waals surface area (Å²) < 4.78 is 24.1. The van der Waals surface area contributed by atoms with Crippen molar-refractivity contribution in [2.24, 2.45) is 7.05 Å². The van der Waals surface area contributed by atoms with Crippen LogP contribution in [0.15, 0.2) is 42.6 Å². The lowest BCUT2D eigenvalue weighted by Crippen LogP contribution is -1.93. The van der Waals surface area contributed by atoms with Gasteiger partial charge in [0.25, 0.3) is 0 Å². The van der Waals surface area contributed by atoms with E-state index in [4.69, 9.17) is 18.9 Å². The normalized spacial score (nSPS) is 14.4. The maximum atomic E-state index is 10.5. The first kappa shape index (κ1) is 14.6. The Morgan fingerprint density at radius 3 is 2.56 bits per heavy atom. The minimum absolute atomic E-state index is 0.201. The van der Waals surface area contributed by atoms with Crippen LogP contribution >= 0.6 is 0 Å². The molecule has 6 rings (SSSR count). The van der Waals surface area contributed by atoms with E-state index in [-0.39, 0.29) is 19.5 Å². The minimum Gasteiger partial charge on any atom is -0.494 e. The molecule has 0 unspecified atom stereocenters. The maximum absolute atomic E-state index is 10.5. The molecule has 0 spiro atoms. The van der Waals surface area contributed by atoms with E-state index in [1.807, 2.05) is 49.6 Å². The van der Waals surface area contributed by atoms with Crippen LogP contribution in [0, 0.1) is 0 Å². The average molecular weight is 361 g/mol. The van der Waals surface area contributed by atoms with Gasteiger partial charge in [0.05, 0.1) is 0 Å². The molecule has 0 saturated heterocycles. The van der Waals surface area contributed by atoms with Gasteiger partial charge in [-0.1, -0.05) is 12.1 Å². The molecule has 0 aliphatic carbocycles.